The molecule has 0 aromatic heterocycles. The van der Waals surface area contributed by atoms with Crippen LogP contribution in [0.5, 0.6) is 0 Å². The molecule has 0 fully saturated rings. The van der Waals surface area contributed by atoms with Crippen molar-refractivity contribution in [2.75, 3.05) is 0 Å². The molecular formula is C9H15Br. The van der Waals surface area contributed by atoms with Crippen LogP contribution in [0.4, 0.5) is 0 Å². The molecule has 0 saturated carbocycles. The van der Waals surface area contributed by atoms with Crippen LogP contribution >= 0.6 is 15.9 Å². The van der Waals surface area contributed by atoms with Gasteiger partial charge in [0.15, 0.2) is 0 Å². The van der Waals surface area contributed by atoms with Crippen LogP contribution in [0, 0.1) is 0 Å². The normalized spacial score (nSPS) is 11.4. The van der Waals surface area contributed by atoms with E-state index in [1.807, 2.05) is 4.99 Å². The van der Waals surface area contributed by atoms with E-state index in [1.54, 1.807) is 0 Å². The average Bonchev–Trinajstić information content (AvgIpc) is 1.87. The van der Waals surface area contributed by atoms with Crippen LogP contribution in [0.15, 0.2) is 22.2 Å². The fourth-order valence-corrected chi connectivity index (χ4v) is 0.872. The van der Waals surface area contributed by atoms with Gasteiger partial charge in [0.25, 0.3) is 0 Å². The van der Waals surface area contributed by atoms with E-state index >= 15 is 0 Å². The molecule has 0 aliphatic rings. The maximum absolute atomic E-state index is 3.30. The van der Waals surface area contributed by atoms with Crippen LogP contribution < -0.4 is 0 Å². The van der Waals surface area contributed by atoms with Crippen molar-refractivity contribution in [2.24, 2.45) is 0 Å². The van der Waals surface area contributed by atoms with Crippen molar-refractivity contribution < 1.29 is 0 Å². The lowest BCUT2D eigenvalue weighted by Crippen LogP contribution is -1.74. The van der Waals surface area contributed by atoms with Crippen LogP contribution in [0.1, 0.15) is 33.6 Å². The molecule has 0 atom stereocenters. The molecule has 0 nitrogen and oxygen atoms in total. The smallest absolute Gasteiger partial charge is 0.0200 e. The molecule has 0 aliphatic carbocycles. The van der Waals surface area contributed by atoms with Gasteiger partial charge in [0, 0.05) is 0 Å². The van der Waals surface area contributed by atoms with Gasteiger partial charge in [-0.3, -0.25) is 0 Å². The highest BCUT2D eigenvalue weighted by Crippen LogP contribution is 2.07. The Balaban J connectivity index is 3.47. The highest BCUT2D eigenvalue weighted by molar-refractivity contribution is 9.11. The minimum absolute atomic E-state index is 1.16. The predicted molar refractivity (Wildman–Crippen MR) is 51.3 cm³/mol. The van der Waals surface area contributed by atoms with Crippen molar-refractivity contribution in [3.63, 3.8) is 0 Å². The number of allylic oxidation sites excluding steroid dienone is 3. The van der Waals surface area contributed by atoms with Gasteiger partial charge in [0.1, 0.15) is 0 Å². The molecule has 58 valence electrons. The first-order chi connectivity index (χ1) is 4.66. The standard InChI is InChI=1S/C9H15Br/c1-8(2)5-4-6-9(3)7-10/h5,7H,4,6H2,1-3H3/b9-7-. The van der Waals surface area contributed by atoms with E-state index < -0.39 is 0 Å². The molecule has 0 spiro atoms. The Morgan fingerprint density at radius 2 is 1.90 bits per heavy atom. The van der Waals surface area contributed by atoms with Crippen molar-refractivity contribution in [1.29, 1.82) is 0 Å². The Labute approximate surface area is 72.1 Å². The molecule has 1 heteroatoms. The lowest BCUT2D eigenvalue weighted by Gasteiger charge is -1.94. The molecule has 0 amide bonds. The van der Waals surface area contributed by atoms with Gasteiger partial charge in [-0.2, -0.15) is 0 Å². The fourth-order valence-electron chi connectivity index (χ4n) is 0.643. The number of halogens is 1. The maximum Gasteiger partial charge on any atom is -0.0200 e. The second kappa shape index (κ2) is 5.72. The first kappa shape index (κ1) is 9.96. The van der Waals surface area contributed by atoms with Gasteiger partial charge in [-0.15, -0.1) is 0 Å². The molecule has 0 saturated heterocycles. The Kier molecular flexibility index (Phi) is 5.70. The second-order valence-corrected chi connectivity index (χ2v) is 3.23. The summed E-state index contributed by atoms with van der Waals surface area (Å²) in [5, 5.41) is 0. The third kappa shape index (κ3) is 6.09. The summed E-state index contributed by atoms with van der Waals surface area (Å²) >= 11 is 3.30. The molecule has 0 N–H and O–H groups in total. The van der Waals surface area contributed by atoms with E-state index in [4.69, 9.17) is 0 Å². The molecular weight excluding hydrogens is 188 g/mol. The fraction of sp³-hybridized carbons (Fsp3) is 0.556. The van der Waals surface area contributed by atoms with Crippen molar-refractivity contribution >= 4 is 15.9 Å². The molecule has 0 aliphatic heterocycles. The lowest BCUT2D eigenvalue weighted by molar-refractivity contribution is 0.971. The SMILES string of the molecule is CC(C)=CCC/C(C)=C\Br. The highest BCUT2D eigenvalue weighted by atomic mass is 79.9. The van der Waals surface area contributed by atoms with Gasteiger partial charge >= 0.3 is 0 Å². The van der Waals surface area contributed by atoms with Crippen LogP contribution in [0.3, 0.4) is 0 Å². The number of hydrogen-bond donors (Lipinski definition) is 0. The van der Waals surface area contributed by atoms with Crippen LogP contribution in [0.25, 0.3) is 0 Å². The zero-order valence-corrected chi connectivity index (χ0v) is 8.53. The topological polar surface area (TPSA) is 0 Å². The van der Waals surface area contributed by atoms with Gasteiger partial charge in [0.2, 0.25) is 0 Å². The maximum atomic E-state index is 3.30. The van der Waals surface area contributed by atoms with Gasteiger partial charge in [-0.25, -0.2) is 0 Å². The third-order valence-corrected chi connectivity index (χ3v) is 2.06. The van der Waals surface area contributed by atoms with Gasteiger partial charge in [0.05, 0.1) is 0 Å². The van der Waals surface area contributed by atoms with Gasteiger partial charge in [-0.1, -0.05) is 33.2 Å². The van der Waals surface area contributed by atoms with Crippen molar-refractivity contribution in [3.8, 4) is 0 Å². The molecule has 0 bridgehead atoms. The summed E-state index contributed by atoms with van der Waals surface area (Å²) in [6, 6.07) is 0. The summed E-state index contributed by atoms with van der Waals surface area (Å²) in [4.78, 5) is 1.99. The molecule has 0 aromatic carbocycles. The summed E-state index contributed by atoms with van der Waals surface area (Å²) in [5.41, 5.74) is 2.81. The second-order valence-electron chi connectivity index (χ2n) is 2.78. The zero-order chi connectivity index (χ0) is 7.98. The van der Waals surface area contributed by atoms with Crippen molar-refractivity contribution in [1.82, 2.24) is 0 Å². The average molecular weight is 203 g/mol. The van der Waals surface area contributed by atoms with Crippen LogP contribution in [-0.2, 0) is 0 Å². The molecule has 0 radical (unpaired) electrons. The largest absolute Gasteiger partial charge is 0.0856 e. The van der Waals surface area contributed by atoms with E-state index in [1.165, 1.54) is 11.1 Å². The molecule has 0 aromatic rings. The van der Waals surface area contributed by atoms with Crippen molar-refractivity contribution in [2.45, 2.75) is 33.6 Å². The summed E-state index contributed by atoms with van der Waals surface area (Å²) < 4.78 is 0. The lowest BCUT2D eigenvalue weighted by atomic mass is 10.1. The summed E-state index contributed by atoms with van der Waals surface area (Å²) in [7, 11) is 0. The first-order valence-corrected chi connectivity index (χ1v) is 4.47. The van der Waals surface area contributed by atoms with Crippen LogP contribution in [-0.4, -0.2) is 0 Å². The number of rotatable bonds is 3. The molecule has 0 rings (SSSR count). The van der Waals surface area contributed by atoms with Gasteiger partial charge in [-0.05, 0) is 38.6 Å². The quantitative estimate of drug-likeness (QED) is 0.607. The van der Waals surface area contributed by atoms with Crippen molar-refractivity contribution in [3.05, 3.63) is 22.2 Å². The summed E-state index contributed by atoms with van der Waals surface area (Å²) in [5.74, 6) is 0. The van der Waals surface area contributed by atoms with Crippen LogP contribution in [0.2, 0.25) is 0 Å². The monoisotopic (exact) mass is 202 g/mol. The predicted octanol–water partition coefficient (Wildman–Crippen LogP) is 4.03. The van der Waals surface area contributed by atoms with E-state index in [2.05, 4.69) is 42.8 Å². The molecule has 10 heavy (non-hydrogen) atoms. The highest BCUT2D eigenvalue weighted by Gasteiger charge is 1.85. The molecule has 0 unspecified atom stereocenters. The Morgan fingerprint density at radius 3 is 2.30 bits per heavy atom. The molecule has 0 heterocycles. The number of hydrogen-bond acceptors (Lipinski definition) is 0. The Morgan fingerprint density at radius 1 is 1.30 bits per heavy atom. The summed E-state index contributed by atoms with van der Waals surface area (Å²) in [6.07, 6.45) is 4.59. The Bertz CT molecular complexity index is 139. The third-order valence-electron chi connectivity index (χ3n) is 1.28. The van der Waals surface area contributed by atoms with Gasteiger partial charge < -0.3 is 0 Å². The van der Waals surface area contributed by atoms with E-state index in [-0.39, 0.29) is 0 Å². The van der Waals surface area contributed by atoms with E-state index in [0.717, 1.165) is 12.8 Å². The minimum atomic E-state index is 1.16. The van der Waals surface area contributed by atoms with E-state index in [0.29, 0.717) is 0 Å². The first-order valence-electron chi connectivity index (χ1n) is 3.56. The minimum Gasteiger partial charge on any atom is -0.0856 e. The zero-order valence-electron chi connectivity index (χ0n) is 6.95. The van der Waals surface area contributed by atoms with E-state index in [9.17, 15) is 0 Å². The Hall–Kier alpha value is -0.0400. The summed E-state index contributed by atoms with van der Waals surface area (Å²) in [6.45, 7) is 6.40.